The number of esters is 1. The molecule has 148 valence electrons. The van der Waals surface area contributed by atoms with Crippen LogP contribution in [0.25, 0.3) is 11.1 Å². The van der Waals surface area contributed by atoms with E-state index in [-0.39, 0.29) is 5.97 Å². The van der Waals surface area contributed by atoms with Crippen molar-refractivity contribution in [2.45, 2.75) is 50.8 Å². The Morgan fingerprint density at radius 1 is 1.26 bits per heavy atom. The summed E-state index contributed by atoms with van der Waals surface area (Å²) in [6.45, 7) is 4.89. The molecule has 27 heavy (non-hydrogen) atoms. The molecule has 0 saturated heterocycles. The third-order valence-electron chi connectivity index (χ3n) is 4.55. The van der Waals surface area contributed by atoms with Gasteiger partial charge in [0.25, 0.3) is 0 Å². The smallest absolute Gasteiger partial charge is 0.306 e. The molecule has 0 saturated carbocycles. The highest BCUT2D eigenvalue weighted by Crippen LogP contribution is 2.31. The molecule has 1 aromatic heterocycles. The monoisotopic (exact) mass is 390 g/mol. The average Bonchev–Trinajstić information content (AvgIpc) is 3.23. The largest absolute Gasteiger partial charge is 0.497 e. The Morgan fingerprint density at radius 3 is 2.78 bits per heavy atom. The first-order valence-electron chi connectivity index (χ1n) is 9.62. The summed E-state index contributed by atoms with van der Waals surface area (Å²) in [6.07, 6.45) is 8.61. The number of methoxy groups -OCH3 is 1. The number of nitrogens with one attached hydrogen (secondary N) is 1. The van der Waals surface area contributed by atoms with Gasteiger partial charge in [0.05, 0.1) is 26.3 Å². The first-order valence-corrected chi connectivity index (χ1v) is 10.6. The van der Waals surface area contributed by atoms with Gasteiger partial charge in [-0.3, -0.25) is 9.89 Å². The number of aromatic amines is 1. The molecule has 0 amide bonds. The molecule has 0 fully saturated rings. The molecule has 2 aromatic rings. The van der Waals surface area contributed by atoms with Crippen molar-refractivity contribution in [1.29, 1.82) is 0 Å². The average molecular weight is 391 g/mol. The number of rotatable bonds is 12. The summed E-state index contributed by atoms with van der Waals surface area (Å²) in [5, 5.41) is 6.82. The Hall–Kier alpha value is -1.95. The fraction of sp³-hybridized carbons (Fsp3) is 0.524. The van der Waals surface area contributed by atoms with E-state index >= 15 is 0 Å². The second-order valence-corrected chi connectivity index (χ2v) is 7.75. The van der Waals surface area contributed by atoms with E-state index in [9.17, 15) is 4.79 Å². The van der Waals surface area contributed by atoms with Crippen LogP contribution < -0.4 is 4.74 Å². The van der Waals surface area contributed by atoms with E-state index in [1.54, 1.807) is 25.1 Å². The zero-order valence-corrected chi connectivity index (χ0v) is 17.3. The van der Waals surface area contributed by atoms with Gasteiger partial charge in [0, 0.05) is 22.4 Å². The topological polar surface area (TPSA) is 64.2 Å². The zero-order chi connectivity index (χ0) is 19.5. The molecule has 1 heterocycles. The number of nitrogens with zero attached hydrogens (tertiary/aromatic N) is 1. The maximum absolute atomic E-state index is 12.0. The predicted octanol–water partition coefficient (Wildman–Crippen LogP) is 5.33. The van der Waals surface area contributed by atoms with Crippen LogP contribution in [0.5, 0.6) is 5.75 Å². The SMILES string of the molecule is CCCCC(CC)COC(=O)CCSc1cc(OC)cc(-c2cn[nH]c2)c1. The minimum absolute atomic E-state index is 0.115. The number of hydrogen-bond donors (Lipinski definition) is 1. The third-order valence-corrected chi connectivity index (χ3v) is 5.52. The fourth-order valence-corrected chi connectivity index (χ4v) is 3.70. The van der Waals surface area contributed by atoms with Gasteiger partial charge in [-0.15, -0.1) is 11.8 Å². The lowest BCUT2D eigenvalue weighted by Crippen LogP contribution is -2.14. The molecule has 0 aliphatic rings. The molecule has 1 unspecified atom stereocenters. The molecule has 0 aliphatic carbocycles. The van der Waals surface area contributed by atoms with Crippen molar-refractivity contribution in [1.82, 2.24) is 10.2 Å². The van der Waals surface area contributed by atoms with Crippen molar-refractivity contribution >= 4 is 17.7 Å². The Balaban J connectivity index is 1.82. The fourth-order valence-electron chi connectivity index (χ4n) is 2.78. The van der Waals surface area contributed by atoms with Crippen LogP contribution in [0, 0.1) is 5.92 Å². The second-order valence-electron chi connectivity index (χ2n) is 6.58. The van der Waals surface area contributed by atoms with Crippen LogP contribution in [-0.4, -0.2) is 35.6 Å². The number of carbonyl (C=O) groups is 1. The molecule has 2 rings (SSSR count). The highest BCUT2D eigenvalue weighted by atomic mass is 32.2. The first kappa shape index (κ1) is 21.4. The van der Waals surface area contributed by atoms with Gasteiger partial charge in [-0.2, -0.15) is 5.10 Å². The van der Waals surface area contributed by atoms with E-state index in [1.807, 2.05) is 18.3 Å². The van der Waals surface area contributed by atoms with Crippen LogP contribution in [0.3, 0.4) is 0 Å². The summed E-state index contributed by atoms with van der Waals surface area (Å²) in [6, 6.07) is 6.04. The second kappa shape index (κ2) is 11.7. The van der Waals surface area contributed by atoms with Crippen LogP contribution in [0.2, 0.25) is 0 Å². The molecule has 0 aliphatic heterocycles. The van der Waals surface area contributed by atoms with E-state index in [0.29, 0.717) is 24.7 Å². The first-order chi connectivity index (χ1) is 13.2. The highest BCUT2D eigenvalue weighted by molar-refractivity contribution is 7.99. The number of thioether (sulfide) groups is 1. The van der Waals surface area contributed by atoms with Gasteiger partial charge in [0.2, 0.25) is 0 Å². The molecular formula is C21H30N2O3S. The van der Waals surface area contributed by atoms with Gasteiger partial charge in [-0.25, -0.2) is 0 Å². The number of unbranched alkanes of at least 4 members (excludes halogenated alkanes) is 1. The number of carbonyl (C=O) groups excluding carboxylic acids is 1. The molecular weight excluding hydrogens is 360 g/mol. The van der Waals surface area contributed by atoms with Crippen LogP contribution >= 0.6 is 11.8 Å². The Morgan fingerprint density at radius 2 is 2.11 bits per heavy atom. The highest BCUT2D eigenvalue weighted by Gasteiger charge is 2.11. The molecule has 0 bridgehead atoms. The lowest BCUT2D eigenvalue weighted by atomic mass is 10.0. The van der Waals surface area contributed by atoms with Crippen LogP contribution in [-0.2, 0) is 9.53 Å². The number of hydrogen-bond acceptors (Lipinski definition) is 5. The van der Waals surface area contributed by atoms with E-state index in [0.717, 1.165) is 34.6 Å². The van der Waals surface area contributed by atoms with E-state index < -0.39 is 0 Å². The summed E-state index contributed by atoms with van der Waals surface area (Å²) in [7, 11) is 1.66. The number of aromatic nitrogens is 2. The van der Waals surface area contributed by atoms with E-state index in [1.165, 1.54) is 12.8 Å². The van der Waals surface area contributed by atoms with Crippen LogP contribution in [0.15, 0.2) is 35.5 Å². The van der Waals surface area contributed by atoms with Crippen molar-refractivity contribution < 1.29 is 14.3 Å². The molecule has 1 N–H and O–H groups in total. The van der Waals surface area contributed by atoms with Crippen molar-refractivity contribution in [3.8, 4) is 16.9 Å². The molecule has 6 heteroatoms. The lowest BCUT2D eigenvalue weighted by Gasteiger charge is -2.14. The van der Waals surface area contributed by atoms with Crippen LogP contribution in [0.1, 0.15) is 46.0 Å². The van der Waals surface area contributed by atoms with Gasteiger partial charge < -0.3 is 9.47 Å². The van der Waals surface area contributed by atoms with Gasteiger partial charge in [0.1, 0.15) is 5.75 Å². The molecule has 1 atom stereocenters. The normalized spacial score (nSPS) is 12.0. The number of benzene rings is 1. The van der Waals surface area contributed by atoms with Gasteiger partial charge in [-0.1, -0.05) is 33.1 Å². The predicted molar refractivity (Wildman–Crippen MR) is 110 cm³/mol. The summed E-state index contributed by atoms with van der Waals surface area (Å²) in [5.41, 5.74) is 2.04. The summed E-state index contributed by atoms with van der Waals surface area (Å²) in [4.78, 5) is 13.1. The summed E-state index contributed by atoms with van der Waals surface area (Å²) in [5.74, 6) is 1.84. The molecule has 0 radical (unpaired) electrons. The minimum atomic E-state index is -0.115. The number of H-pyrrole nitrogens is 1. The molecule has 0 spiro atoms. The van der Waals surface area contributed by atoms with Crippen molar-refractivity contribution in [2.75, 3.05) is 19.5 Å². The standard InChI is InChI=1S/C21H30N2O3S/c1-4-6-7-16(5-2)15-26-21(24)8-9-27-20-11-17(10-19(12-20)25-3)18-13-22-23-14-18/h10-14,16H,4-9,15H2,1-3H3,(H,22,23). The zero-order valence-electron chi connectivity index (χ0n) is 16.5. The van der Waals surface area contributed by atoms with Gasteiger partial charge >= 0.3 is 5.97 Å². The summed E-state index contributed by atoms with van der Waals surface area (Å²) < 4.78 is 10.9. The summed E-state index contributed by atoms with van der Waals surface area (Å²) >= 11 is 1.63. The molecule has 1 aromatic carbocycles. The Labute approximate surface area is 166 Å². The number of ether oxygens (including phenoxy) is 2. The lowest BCUT2D eigenvalue weighted by molar-refractivity contribution is -0.144. The van der Waals surface area contributed by atoms with Gasteiger partial charge in [0.15, 0.2) is 0 Å². The maximum atomic E-state index is 12.0. The molecule has 5 nitrogen and oxygen atoms in total. The quantitative estimate of drug-likeness (QED) is 0.392. The van der Waals surface area contributed by atoms with E-state index in [4.69, 9.17) is 9.47 Å². The van der Waals surface area contributed by atoms with Crippen LogP contribution in [0.4, 0.5) is 0 Å². The van der Waals surface area contributed by atoms with Gasteiger partial charge in [-0.05, 0) is 36.1 Å². The Kier molecular flexibility index (Phi) is 9.25. The van der Waals surface area contributed by atoms with E-state index in [2.05, 4.69) is 30.1 Å². The minimum Gasteiger partial charge on any atom is -0.497 e. The van der Waals surface area contributed by atoms with Crippen molar-refractivity contribution in [2.24, 2.45) is 5.92 Å². The Bertz CT molecular complexity index is 689. The maximum Gasteiger partial charge on any atom is 0.306 e. The van der Waals surface area contributed by atoms with Crippen molar-refractivity contribution in [3.05, 3.63) is 30.6 Å². The third kappa shape index (κ3) is 7.29. The van der Waals surface area contributed by atoms with Crippen molar-refractivity contribution in [3.63, 3.8) is 0 Å².